The Bertz CT molecular complexity index is 239. The smallest absolute Gasteiger partial charge is 0.330 e. The molecule has 0 fully saturated rings. The van der Waals surface area contributed by atoms with Crippen LogP contribution in [0.1, 0.15) is 26.7 Å². The topological polar surface area (TPSA) is 69.4 Å². The third kappa shape index (κ3) is 3.55. The fourth-order valence-corrected chi connectivity index (χ4v) is 1.04. The Kier molecular flexibility index (Phi) is 4.83. The molecule has 5 nitrogen and oxygen atoms in total. The van der Waals surface area contributed by atoms with Crippen LogP contribution in [0.5, 0.6) is 0 Å². The molecule has 5 heteroatoms. The Morgan fingerprint density at radius 1 is 1.71 bits per heavy atom. The Hall–Kier alpha value is -1.39. The van der Waals surface area contributed by atoms with E-state index in [0.717, 1.165) is 6.08 Å². The first-order valence-corrected chi connectivity index (χ1v) is 4.40. The second-order valence-electron chi connectivity index (χ2n) is 3.32. The molecule has 0 saturated carbocycles. The van der Waals surface area contributed by atoms with Crippen molar-refractivity contribution in [3.05, 3.63) is 22.8 Å². The molecule has 0 saturated heterocycles. The van der Waals surface area contributed by atoms with Gasteiger partial charge in [0.2, 0.25) is 0 Å². The highest BCUT2D eigenvalue weighted by molar-refractivity contribution is 5.81. The van der Waals surface area contributed by atoms with Gasteiger partial charge in [-0.1, -0.05) is 13.5 Å². The standard InChI is InChI=1S/C9H15NO4/c1-4-6-9(3,10(12)13)7-14-8(11)5-2/h5H,2,4,6-7H2,1,3H3. The van der Waals surface area contributed by atoms with Gasteiger partial charge in [-0.3, -0.25) is 10.1 Å². The largest absolute Gasteiger partial charge is 0.455 e. The van der Waals surface area contributed by atoms with Crippen LogP contribution in [-0.4, -0.2) is 23.0 Å². The number of nitro groups is 1. The van der Waals surface area contributed by atoms with Gasteiger partial charge in [-0.25, -0.2) is 4.79 Å². The van der Waals surface area contributed by atoms with E-state index in [-0.39, 0.29) is 6.61 Å². The van der Waals surface area contributed by atoms with E-state index < -0.39 is 16.4 Å². The van der Waals surface area contributed by atoms with Gasteiger partial charge >= 0.3 is 5.97 Å². The maximum Gasteiger partial charge on any atom is 0.330 e. The van der Waals surface area contributed by atoms with Gasteiger partial charge in [0.1, 0.15) is 0 Å². The summed E-state index contributed by atoms with van der Waals surface area (Å²) in [6.45, 7) is 6.31. The zero-order valence-corrected chi connectivity index (χ0v) is 8.49. The first-order chi connectivity index (χ1) is 6.46. The molecule has 14 heavy (non-hydrogen) atoms. The molecular formula is C9H15NO4. The van der Waals surface area contributed by atoms with Gasteiger partial charge in [-0.2, -0.15) is 0 Å². The Balaban J connectivity index is 4.30. The highest BCUT2D eigenvalue weighted by atomic mass is 16.6. The summed E-state index contributed by atoms with van der Waals surface area (Å²) in [6, 6.07) is 0. The van der Waals surface area contributed by atoms with Crippen LogP contribution in [0, 0.1) is 10.1 Å². The molecule has 1 atom stereocenters. The summed E-state index contributed by atoms with van der Waals surface area (Å²) in [6.07, 6.45) is 2.04. The number of hydrogen-bond acceptors (Lipinski definition) is 4. The minimum atomic E-state index is -1.19. The number of carbonyl (C=O) groups is 1. The average Bonchev–Trinajstić information content (AvgIpc) is 2.14. The molecular weight excluding hydrogens is 186 g/mol. The summed E-state index contributed by atoms with van der Waals surface area (Å²) in [5.74, 6) is -0.630. The second kappa shape index (κ2) is 5.36. The van der Waals surface area contributed by atoms with Crippen molar-refractivity contribution < 1.29 is 14.5 Å². The van der Waals surface area contributed by atoms with Crippen molar-refractivity contribution in [2.24, 2.45) is 0 Å². The van der Waals surface area contributed by atoms with Gasteiger partial charge in [0.15, 0.2) is 6.61 Å². The van der Waals surface area contributed by atoms with E-state index >= 15 is 0 Å². The zero-order chi connectivity index (χ0) is 11.2. The van der Waals surface area contributed by atoms with Crippen LogP contribution in [0.15, 0.2) is 12.7 Å². The molecule has 0 amide bonds. The predicted octanol–water partition coefficient (Wildman–Crippen LogP) is 1.55. The van der Waals surface area contributed by atoms with E-state index in [1.165, 1.54) is 6.92 Å². The van der Waals surface area contributed by atoms with E-state index in [4.69, 9.17) is 0 Å². The maximum absolute atomic E-state index is 10.7. The monoisotopic (exact) mass is 201 g/mol. The van der Waals surface area contributed by atoms with Crippen molar-refractivity contribution in [3.63, 3.8) is 0 Å². The third-order valence-electron chi connectivity index (χ3n) is 1.92. The maximum atomic E-state index is 10.7. The van der Waals surface area contributed by atoms with Crippen LogP contribution in [0.2, 0.25) is 0 Å². The minimum Gasteiger partial charge on any atom is -0.455 e. The first kappa shape index (κ1) is 12.6. The van der Waals surface area contributed by atoms with Gasteiger partial charge in [0.25, 0.3) is 5.54 Å². The van der Waals surface area contributed by atoms with Crippen LogP contribution in [-0.2, 0) is 9.53 Å². The Morgan fingerprint density at radius 2 is 2.29 bits per heavy atom. The normalized spacial score (nSPS) is 14.1. The molecule has 0 rings (SSSR count). The highest BCUT2D eigenvalue weighted by Crippen LogP contribution is 2.17. The predicted molar refractivity (Wildman–Crippen MR) is 51.5 cm³/mol. The summed E-state index contributed by atoms with van der Waals surface area (Å²) >= 11 is 0. The Labute approximate surface area is 82.9 Å². The molecule has 80 valence electrons. The van der Waals surface area contributed by atoms with Crippen LogP contribution in [0.4, 0.5) is 0 Å². The van der Waals surface area contributed by atoms with Gasteiger partial charge < -0.3 is 4.74 Å². The fraction of sp³-hybridized carbons (Fsp3) is 0.667. The second-order valence-corrected chi connectivity index (χ2v) is 3.32. The van der Waals surface area contributed by atoms with Crippen molar-refractivity contribution in [2.45, 2.75) is 32.2 Å². The molecule has 0 aliphatic heterocycles. The zero-order valence-electron chi connectivity index (χ0n) is 8.49. The summed E-state index contributed by atoms with van der Waals surface area (Å²) in [4.78, 5) is 21.0. The molecule has 0 aromatic heterocycles. The van der Waals surface area contributed by atoms with Crippen LogP contribution in [0.25, 0.3) is 0 Å². The van der Waals surface area contributed by atoms with Crippen LogP contribution < -0.4 is 0 Å². The summed E-state index contributed by atoms with van der Waals surface area (Å²) < 4.78 is 4.67. The lowest BCUT2D eigenvalue weighted by atomic mass is 9.98. The molecule has 0 aromatic carbocycles. The van der Waals surface area contributed by atoms with E-state index in [1.807, 2.05) is 6.92 Å². The number of esters is 1. The summed E-state index contributed by atoms with van der Waals surface area (Å²) in [5, 5.41) is 10.7. The molecule has 0 aromatic rings. The molecule has 0 N–H and O–H groups in total. The lowest BCUT2D eigenvalue weighted by Crippen LogP contribution is -2.40. The minimum absolute atomic E-state index is 0.210. The SMILES string of the molecule is C=CC(=O)OCC(C)(CCC)[N+](=O)[O-]. The fourth-order valence-electron chi connectivity index (χ4n) is 1.04. The lowest BCUT2D eigenvalue weighted by Gasteiger charge is -2.19. The number of rotatable bonds is 6. The molecule has 0 heterocycles. The average molecular weight is 201 g/mol. The van der Waals surface area contributed by atoms with Crippen molar-refractivity contribution in [1.82, 2.24) is 0 Å². The highest BCUT2D eigenvalue weighted by Gasteiger charge is 2.37. The molecule has 0 radical (unpaired) electrons. The lowest BCUT2D eigenvalue weighted by molar-refractivity contribution is -0.569. The number of nitrogens with zero attached hydrogens (tertiary/aromatic N) is 1. The molecule has 0 bridgehead atoms. The third-order valence-corrected chi connectivity index (χ3v) is 1.92. The number of hydrogen-bond donors (Lipinski definition) is 0. The van der Waals surface area contributed by atoms with Gasteiger partial charge in [0, 0.05) is 24.3 Å². The van der Waals surface area contributed by atoms with E-state index in [9.17, 15) is 14.9 Å². The van der Waals surface area contributed by atoms with E-state index in [1.54, 1.807) is 0 Å². The van der Waals surface area contributed by atoms with E-state index in [0.29, 0.717) is 12.8 Å². The molecule has 0 aliphatic carbocycles. The van der Waals surface area contributed by atoms with Crippen LogP contribution in [0.3, 0.4) is 0 Å². The van der Waals surface area contributed by atoms with Gasteiger partial charge in [0.05, 0.1) is 0 Å². The number of ether oxygens (including phenoxy) is 1. The molecule has 0 aliphatic rings. The summed E-state index contributed by atoms with van der Waals surface area (Å²) in [7, 11) is 0. The number of carbonyl (C=O) groups excluding carboxylic acids is 1. The molecule has 0 spiro atoms. The molecule has 1 unspecified atom stereocenters. The quantitative estimate of drug-likeness (QED) is 0.283. The van der Waals surface area contributed by atoms with Crippen molar-refractivity contribution >= 4 is 5.97 Å². The van der Waals surface area contributed by atoms with Crippen molar-refractivity contribution in [1.29, 1.82) is 0 Å². The van der Waals surface area contributed by atoms with E-state index in [2.05, 4.69) is 11.3 Å². The Morgan fingerprint density at radius 3 is 2.64 bits per heavy atom. The van der Waals surface area contributed by atoms with Crippen LogP contribution >= 0.6 is 0 Å². The summed E-state index contributed by atoms with van der Waals surface area (Å²) in [5.41, 5.74) is -1.19. The van der Waals surface area contributed by atoms with Crippen molar-refractivity contribution in [2.75, 3.05) is 6.61 Å². The van der Waals surface area contributed by atoms with Gasteiger partial charge in [-0.15, -0.1) is 0 Å². The van der Waals surface area contributed by atoms with Crippen molar-refractivity contribution in [3.8, 4) is 0 Å². The first-order valence-electron chi connectivity index (χ1n) is 4.40. The van der Waals surface area contributed by atoms with Gasteiger partial charge in [-0.05, 0) is 6.42 Å².